The van der Waals surface area contributed by atoms with Gasteiger partial charge in [0.2, 0.25) is 5.91 Å². The normalized spacial score (nSPS) is 15.1. The molecule has 0 heterocycles. The van der Waals surface area contributed by atoms with Crippen LogP contribution in [0.5, 0.6) is 0 Å². The minimum Gasteiger partial charge on any atom is -0.478 e. The molecule has 0 atom stereocenters. The molecule has 1 saturated carbocycles. The van der Waals surface area contributed by atoms with E-state index in [-0.39, 0.29) is 24.4 Å². The molecule has 4 nitrogen and oxygen atoms in total. The lowest BCUT2D eigenvalue weighted by molar-refractivity contribution is -0.162. The Labute approximate surface area is 131 Å². The van der Waals surface area contributed by atoms with Gasteiger partial charge in [0, 0.05) is 6.54 Å². The highest BCUT2D eigenvalue weighted by atomic mass is 19.4. The van der Waals surface area contributed by atoms with Crippen molar-refractivity contribution in [3.05, 3.63) is 35.4 Å². The van der Waals surface area contributed by atoms with Crippen molar-refractivity contribution in [2.45, 2.75) is 31.9 Å². The van der Waals surface area contributed by atoms with Crippen LogP contribution in [0.25, 0.3) is 0 Å². The van der Waals surface area contributed by atoms with Crippen LogP contribution in [0, 0.1) is 5.92 Å². The molecule has 0 radical (unpaired) electrons. The molecule has 0 unspecified atom stereocenters. The number of carboxylic acid groups (broad SMARTS) is 1. The zero-order valence-electron chi connectivity index (χ0n) is 12.5. The van der Waals surface area contributed by atoms with Crippen LogP contribution in [0.2, 0.25) is 0 Å². The van der Waals surface area contributed by atoms with Crippen LogP contribution in [0.4, 0.5) is 13.2 Å². The SMILES string of the molecule is O=C(O)c1ccc(CC(=O)N(CC2CCC2)CC(F)(F)F)cc1. The van der Waals surface area contributed by atoms with Gasteiger partial charge in [-0.2, -0.15) is 13.2 Å². The topological polar surface area (TPSA) is 57.6 Å². The molecule has 1 aromatic carbocycles. The number of benzene rings is 1. The lowest BCUT2D eigenvalue weighted by Crippen LogP contribution is -2.43. The van der Waals surface area contributed by atoms with E-state index >= 15 is 0 Å². The van der Waals surface area contributed by atoms with Gasteiger partial charge in [-0.3, -0.25) is 4.79 Å². The van der Waals surface area contributed by atoms with E-state index in [2.05, 4.69) is 0 Å². The fourth-order valence-electron chi connectivity index (χ4n) is 2.51. The molecule has 0 saturated heterocycles. The molecule has 0 bridgehead atoms. The summed E-state index contributed by atoms with van der Waals surface area (Å²) in [6.45, 7) is -1.11. The first-order valence-electron chi connectivity index (χ1n) is 7.41. The summed E-state index contributed by atoms with van der Waals surface area (Å²) in [6, 6.07) is 5.59. The number of rotatable bonds is 6. The van der Waals surface area contributed by atoms with Gasteiger partial charge in [0.05, 0.1) is 12.0 Å². The summed E-state index contributed by atoms with van der Waals surface area (Å²) in [7, 11) is 0. The van der Waals surface area contributed by atoms with Crippen molar-refractivity contribution in [3.63, 3.8) is 0 Å². The predicted molar refractivity (Wildman–Crippen MR) is 77.1 cm³/mol. The van der Waals surface area contributed by atoms with Crippen molar-refractivity contribution in [3.8, 4) is 0 Å². The largest absolute Gasteiger partial charge is 0.478 e. The number of hydrogen-bond donors (Lipinski definition) is 1. The maximum Gasteiger partial charge on any atom is 0.406 e. The van der Waals surface area contributed by atoms with E-state index in [1.165, 1.54) is 24.3 Å². The van der Waals surface area contributed by atoms with Crippen molar-refractivity contribution in [1.29, 1.82) is 0 Å². The molecule has 1 fully saturated rings. The molecule has 23 heavy (non-hydrogen) atoms. The van der Waals surface area contributed by atoms with Crippen LogP contribution in [0.1, 0.15) is 35.2 Å². The molecule has 0 aliphatic heterocycles. The lowest BCUT2D eigenvalue weighted by atomic mass is 9.85. The number of hydrogen-bond acceptors (Lipinski definition) is 2. The monoisotopic (exact) mass is 329 g/mol. The Balaban J connectivity index is 2.01. The molecule has 0 spiro atoms. The molecule has 7 heteroatoms. The van der Waals surface area contributed by atoms with Gasteiger partial charge in [-0.1, -0.05) is 18.6 Å². The standard InChI is InChI=1S/C16H18F3NO3/c17-16(18,19)10-20(9-12-2-1-3-12)14(21)8-11-4-6-13(7-5-11)15(22)23/h4-7,12H,1-3,8-10H2,(H,22,23). The van der Waals surface area contributed by atoms with Gasteiger partial charge in [-0.25, -0.2) is 4.79 Å². The Hall–Kier alpha value is -2.05. The molecule has 2 rings (SSSR count). The zero-order chi connectivity index (χ0) is 17.0. The molecular formula is C16H18F3NO3. The second-order valence-corrected chi connectivity index (χ2v) is 5.87. The average Bonchev–Trinajstić information content (AvgIpc) is 2.40. The van der Waals surface area contributed by atoms with E-state index in [9.17, 15) is 22.8 Å². The minimum absolute atomic E-state index is 0.0721. The highest BCUT2D eigenvalue weighted by molar-refractivity contribution is 5.87. The van der Waals surface area contributed by atoms with E-state index in [0.29, 0.717) is 5.56 Å². The minimum atomic E-state index is -4.42. The molecular weight excluding hydrogens is 311 g/mol. The van der Waals surface area contributed by atoms with Crippen molar-refractivity contribution in [2.75, 3.05) is 13.1 Å². The van der Waals surface area contributed by atoms with Crippen LogP contribution in [-0.2, 0) is 11.2 Å². The third-order valence-electron chi connectivity index (χ3n) is 3.98. The van der Waals surface area contributed by atoms with E-state index in [4.69, 9.17) is 5.11 Å². The number of nitrogens with zero attached hydrogens (tertiary/aromatic N) is 1. The summed E-state index contributed by atoms with van der Waals surface area (Å²) in [4.78, 5) is 23.8. The zero-order valence-corrected chi connectivity index (χ0v) is 12.5. The number of carbonyl (C=O) groups is 2. The second-order valence-electron chi connectivity index (χ2n) is 5.87. The summed E-state index contributed by atoms with van der Waals surface area (Å²) in [5.74, 6) is -1.53. The summed E-state index contributed by atoms with van der Waals surface area (Å²) in [6.07, 6.45) is -1.88. The lowest BCUT2D eigenvalue weighted by Gasteiger charge is -2.33. The highest BCUT2D eigenvalue weighted by Crippen LogP contribution is 2.28. The number of carbonyl (C=O) groups excluding carboxylic acids is 1. The van der Waals surface area contributed by atoms with Crippen molar-refractivity contribution in [1.82, 2.24) is 4.90 Å². The summed E-state index contributed by atoms with van der Waals surface area (Å²) in [5.41, 5.74) is 0.573. The summed E-state index contributed by atoms with van der Waals surface area (Å²) in [5, 5.41) is 8.81. The Bertz CT molecular complexity index is 565. The molecule has 126 valence electrons. The van der Waals surface area contributed by atoms with Crippen molar-refractivity contribution >= 4 is 11.9 Å². The Morgan fingerprint density at radius 1 is 1.17 bits per heavy atom. The van der Waals surface area contributed by atoms with Gasteiger partial charge in [0.1, 0.15) is 6.54 Å². The molecule has 1 N–H and O–H groups in total. The summed E-state index contributed by atoms with van der Waals surface area (Å²) >= 11 is 0. The second kappa shape index (κ2) is 7.02. The van der Waals surface area contributed by atoms with Crippen LogP contribution >= 0.6 is 0 Å². The van der Waals surface area contributed by atoms with E-state index in [1.54, 1.807) is 0 Å². The molecule has 1 amide bonds. The first-order valence-corrected chi connectivity index (χ1v) is 7.41. The number of aromatic carboxylic acids is 1. The molecule has 1 aliphatic rings. The number of amides is 1. The van der Waals surface area contributed by atoms with Crippen LogP contribution < -0.4 is 0 Å². The van der Waals surface area contributed by atoms with Gasteiger partial charge >= 0.3 is 12.1 Å². The van der Waals surface area contributed by atoms with E-state index in [1.807, 2.05) is 0 Å². The van der Waals surface area contributed by atoms with Gasteiger partial charge in [-0.15, -0.1) is 0 Å². The first kappa shape index (κ1) is 17.3. The van der Waals surface area contributed by atoms with Gasteiger partial charge in [0.15, 0.2) is 0 Å². The van der Waals surface area contributed by atoms with Gasteiger partial charge < -0.3 is 10.0 Å². The van der Waals surface area contributed by atoms with E-state index < -0.39 is 24.6 Å². The Kier molecular flexibility index (Phi) is 5.28. The van der Waals surface area contributed by atoms with Crippen LogP contribution in [0.3, 0.4) is 0 Å². The molecule has 1 aromatic rings. The first-order chi connectivity index (χ1) is 10.7. The van der Waals surface area contributed by atoms with Crippen LogP contribution in [-0.4, -0.2) is 41.1 Å². The number of alkyl halides is 3. The van der Waals surface area contributed by atoms with Gasteiger partial charge in [0.25, 0.3) is 0 Å². The fourth-order valence-corrected chi connectivity index (χ4v) is 2.51. The third-order valence-corrected chi connectivity index (χ3v) is 3.98. The predicted octanol–water partition coefficient (Wildman–Crippen LogP) is 3.12. The smallest absolute Gasteiger partial charge is 0.406 e. The number of halogens is 3. The fraction of sp³-hybridized carbons (Fsp3) is 0.500. The third kappa shape index (κ3) is 5.26. The Morgan fingerprint density at radius 3 is 2.22 bits per heavy atom. The Morgan fingerprint density at radius 2 is 1.78 bits per heavy atom. The summed E-state index contributed by atoms with van der Waals surface area (Å²) < 4.78 is 38.0. The molecule has 0 aromatic heterocycles. The average molecular weight is 329 g/mol. The highest BCUT2D eigenvalue weighted by Gasteiger charge is 2.34. The maximum absolute atomic E-state index is 12.7. The van der Waals surface area contributed by atoms with E-state index in [0.717, 1.165) is 24.2 Å². The molecule has 1 aliphatic carbocycles. The van der Waals surface area contributed by atoms with Gasteiger partial charge in [-0.05, 0) is 36.5 Å². The van der Waals surface area contributed by atoms with Crippen LogP contribution in [0.15, 0.2) is 24.3 Å². The maximum atomic E-state index is 12.7. The van der Waals surface area contributed by atoms with Crippen molar-refractivity contribution < 1.29 is 27.9 Å². The van der Waals surface area contributed by atoms with Crippen molar-refractivity contribution in [2.24, 2.45) is 5.92 Å². The number of carboxylic acids is 1. The quantitative estimate of drug-likeness (QED) is 0.872.